The Labute approximate surface area is 156 Å². The van der Waals surface area contributed by atoms with Crippen LogP contribution in [-0.4, -0.2) is 29.8 Å². The minimum atomic E-state index is -0.241. The van der Waals surface area contributed by atoms with Crippen LogP contribution in [0.4, 0.5) is 0 Å². The van der Waals surface area contributed by atoms with Gasteiger partial charge in [-0.05, 0) is 57.5 Å². The predicted molar refractivity (Wildman–Crippen MR) is 105 cm³/mol. The first kappa shape index (κ1) is 19.9. The van der Waals surface area contributed by atoms with Crippen molar-refractivity contribution in [2.45, 2.75) is 39.5 Å². The van der Waals surface area contributed by atoms with E-state index in [1.54, 1.807) is 24.3 Å². The Balaban J connectivity index is 2.17. The number of aryl methyl sites for hydroxylation is 2. The van der Waals surface area contributed by atoms with Gasteiger partial charge in [0, 0.05) is 17.7 Å². The summed E-state index contributed by atoms with van der Waals surface area (Å²) in [6, 6.07) is 14.7. The van der Waals surface area contributed by atoms with Gasteiger partial charge >= 0.3 is 0 Å². The highest BCUT2D eigenvalue weighted by atomic mass is 16.2. The smallest absolute Gasteiger partial charge is 0.260 e. The van der Waals surface area contributed by atoms with Gasteiger partial charge in [0.15, 0.2) is 0 Å². The Bertz CT molecular complexity index is 663. The van der Waals surface area contributed by atoms with Crippen LogP contribution >= 0.6 is 0 Å². The largest absolute Gasteiger partial charge is 0.330 e. The van der Waals surface area contributed by atoms with Crippen molar-refractivity contribution in [1.82, 2.24) is 4.90 Å². The molecular weight excluding hydrogens is 324 g/mol. The highest BCUT2D eigenvalue weighted by Gasteiger charge is 2.23. The van der Waals surface area contributed by atoms with Crippen molar-refractivity contribution in [2.75, 3.05) is 13.1 Å². The van der Waals surface area contributed by atoms with Gasteiger partial charge in [-0.25, -0.2) is 0 Å². The Morgan fingerprint density at radius 2 is 1.15 bits per heavy atom. The van der Waals surface area contributed by atoms with E-state index in [1.807, 2.05) is 38.1 Å². The molecule has 2 N–H and O–H groups in total. The molecule has 26 heavy (non-hydrogen) atoms. The number of imide groups is 1. The van der Waals surface area contributed by atoms with Gasteiger partial charge in [-0.1, -0.05) is 48.2 Å². The van der Waals surface area contributed by atoms with Crippen LogP contribution in [0.2, 0.25) is 0 Å². The lowest BCUT2D eigenvalue weighted by Crippen LogP contribution is -2.37. The van der Waals surface area contributed by atoms with E-state index in [4.69, 9.17) is 5.73 Å². The lowest BCUT2D eigenvalue weighted by molar-refractivity contribution is 0.0613. The second kappa shape index (κ2) is 9.88. The molecule has 0 bridgehead atoms. The minimum Gasteiger partial charge on any atom is -0.330 e. The number of benzene rings is 2. The molecule has 0 aliphatic rings. The molecule has 0 radical (unpaired) electrons. The molecule has 0 aromatic heterocycles. The van der Waals surface area contributed by atoms with E-state index in [2.05, 4.69) is 0 Å². The molecule has 2 rings (SSSR count). The number of carbonyl (C=O) groups excluding carboxylic acids is 2. The van der Waals surface area contributed by atoms with Crippen LogP contribution in [0.25, 0.3) is 0 Å². The maximum absolute atomic E-state index is 12.9. The average molecular weight is 352 g/mol. The summed E-state index contributed by atoms with van der Waals surface area (Å²) in [7, 11) is 0. The SMILES string of the molecule is Cc1ccc(C(=O)N(CCCCCCN)C(=O)c2ccc(C)cc2)cc1. The average Bonchev–Trinajstić information content (AvgIpc) is 2.65. The summed E-state index contributed by atoms with van der Waals surface area (Å²) in [6.45, 7) is 5.04. The van der Waals surface area contributed by atoms with Gasteiger partial charge in [0.05, 0.1) is 0 Å². The number of unbranched alkanes of at least 4 members (excludes halogenated alkanes) is 3. The summed E-state index contributed by atoms with van der Waals surface area (Å²) >= 11 is 0. The van der Waals surface area contributed by atoms with Crippen molar-refractivity contribution in [3.8, 4) is 0 Å². The normalized spacial score (nSPS) is 10.6. The van der Waals surface area contributed by atoms with Crippen molar-refractivity contribution in [3.05, 3.63) is 70.8 Å². The number of carbonyl (C=O) groups is 2. The van der Waals surface area contributed by atoms with Crippen LogP contribution in [0.15, 0.2) is 48.5 Å². The fourth-order valence-corrected chi connectivity index (χ4v) is 2.77. The van der Waals surface area contributed by atoms with E-state index in [9.17, 15) is 9.59 Å². The molecule has 2 aromatic rings. The van der Waals surface area contributed by atoms with Gasteiger partial charge in [-0.3, -0.25) is 14.5 Å². The molecule has 0 aliphatic heterocycles. The number of nitrogens with zero attached hydrogens (tertiary/aromatic N) is 1. The molecular formula is C22H28N2O2. The first-order valence-electron chi connectivity index (χ1n) is 9.22. The first-order valence-corrected chi connectivity index (χ1v) is 9.22. The van der Waals surface area contributed by atoms with E-state index < -0.39 is 0 Å². The standard InChI is InChI=1S/C22H28N2O2/c1-17-7-11-19(12-8-17)21(25)24(16-6-4-3-5-15-23)22(26)20-13-9-18(2)10-14-20/h7-14H,3-6,15-16,23H2,1-2H3. The van der Waals surface area contributed by atoms with Gasteiger partial charge < -0.3 is 5.73 Å². The zero-order chi connectivity index (χ0) is 18.9. The van der Waals surface area contributed by atoms with E-state index >= 15 is 0 Å². The molecule has 2 aromatic carbocycles. The molecule has 2 amide bonds. The molecule has 0 fully saturated rings. The van der Waals surface area contributed by atoms with Crippen molar-refractivity contribution < 1.29 is 9.59 Å². The number of hydrogen-bond donors (Lipinski definition) is 1. The minimum absolute atomic E-state index is 0.241. The number of nitrogens with two attached hydrogens (primary N) is 1. The van der Waals surface area contributed by atoms with Crippen LogP contribution in [0, 0.1) is 13.8 Å². The fraction of sp³-hybridized carbons (Fsp3) is 0.364. The van der Waals surface area contributed by atoms with Crippen molar-refractivity contribution >= 4 is 11.8 Å². The number of amides is 2. The molecule has 4 nitrogen and oxygen atoms in total. The Kier molecular flexibility index (Phi) is 7.54. The van der Waals surface area contributed by atoms with Crippen LogP contribution in [0.5, 0.6) is 0 Å². The summed E-state index contributed by atoms with van der Waals surface area (Å²) in [5.41, 5.74) is 8.77. The molecule has 0 saturated carbocycles. The van der Waals surface area contributed by atoms with Crippen LogP contribution < -0.4 is 5.73 Å². The quantitative estimate of drug-likeness (QED) is 0.574. The Hall–Kier alpha value is -2.46. The Morgan fingerprint density at radius 1 is 0.731 bits per heavy atom. The van der Waals surface area contributed by atoms with Gasteiger partial charge in [-0.2, -0.15) is 0 Å². The fourth-order valence-electron chi connectivity index (χ4n) is 2.77. The summed E-state index contributed by atoms with van der Waals surface area (Å²) in [4.78, 5) is 27.3. The summed E-state index contributed by atoms with van der Waals surface area (Å²) < 4.78 is 0. The molecule has 138 valence electrons. The van der Waals surface area contributed by atoms with Crippen LogP contribution in [0.1, 0.15) is 57.5 Å². The maximum Gasteiger partial charge on any atom is 0.260 e. The van der Waals surface area contributed by atoms with E-state index in [1.165, 1.54) is 4.90 Å². The zero-order valence-corrected chi connectivity index (χ0v) is 15.7. The first-order chi connectivity index (χ1) is 12.5. The van der Waals surface area contributed by atoms with Crippen LogP contribution in [0.3, 0.4) is 0 Å². The molecule has 0 spiro atoms. The zero-order valence-electron chi connectivity index (χ0n) is 15.7. The predicted octanol–water partition coefficient (Wildman–Crippen LogP) is 4.11. The molecule has 0 heterocycles. The third kappa shape index (κ3) is 5.53. The van der Waals surface area contributed by atoms with Gasteiger partial charge in [0.1, 0.15) is 0 Å². The van der Waals surface area contributed by atoms with Crippen molar-refractivity contribution in [1.29, 1.82) is 0 Å². The second-order valence-corrected chi connectivity index (χ2v) is 6.70. The highest BCUT2D eigenvalue weighted by Crippen LogP contribution is 2.14. The molecule has 4 heteroatoms. The lowest BCUT2D eigenvalue weighted by Gasteiger charge is -2.21. The molecule has 0 unspecified atom stereocenters. The lowest BCUT2D eigenvalue weighted by atomic mass is 10.1. The molecule has 0 saturated heterocycles. The molecule has 0 aliphatic carbocycles. The van der Waals surface area contributed by atoms with Gasteiger partial charge in [0.2, 0.25) is 0 Å². The van der Waals surface area contributed by atoms with Crippen molar-refractivity contribution in [3.63, 3.8) is 0 Å². The summed E-state index contributed by atoms with van der Waals surface area (Å²) in [5, 5.41) is 0. The third-order valence-corrected chi connectivity index (χ3v) is 4.42. The summed E-state index contributed by atoms with van der Waals surface area (Å²) in [5.74, 6) is -0.483. The monoisotopic (exact) mass is 352 g/mol. The van der Waals surface area contributed by atoms with Gasteiger partial charge in [0.25, 0.3) is 11.8 Å². The topological polar surface area (TPSA) is 63.4 Å². The van der Waals surface area contributed by atoms with Gasteiger partial charge in [-0.15, -0.1) is 0 Å². The highest BCUT2D eigenvalue weighted by molar-refractivity contribution is 6.10. The van der Waals surface area contributed by atoms with E-state index in [-0.39, 0.29) is 11.8 Å². The molecule has 0 atom stereocenters. The third-order valence-electron chi connectivity index (χ3n) is 4.42. The van der Waals surface area contributed by atoms with E-state index in [0.717, 1.165) is 36.8 Å². The van der Waals surface area contributed by atoms with E-state index in [0.29, 0.717) is 24.2 Å². The Morgan fingerprint density at radius 3 is 1.58 bits per heavy atom. The number of rotatable bonds is 8. The van der Waals surface area contributed by atoms with Crippen LogP contribution in [-0.2, 0) is 0 Å². The number of hydrogen-bond acceptors (Lipinski definition) is 3. The maximum atomic E-state index is 12.9. The second-order valence-electron chi connectivity index (χ2n) is 6.70. The summed E-state index contributed by atoms with van der Waals surface area (Å²) in [6.07, 6.45) is 3.73. The van der Waals surface area contributed by atoms with Crippen molar-refractivity contribution in [2.24, 2.45) is 5.73 Å².